The zero-order chi connectivity index (χ0) is 24.9. The lowest BCUT2D eigenvalue weighted by Crippen LogP contribution is -2.59. The van der Waals surface area contributed by atoms with Crippen molar-refractivity contribution < 1.29 is 18.0 Å². The molecule has 1 aromatic heterocycles. The molecule has 5 atom stereocenters. The molecule has 182 valence electrons. The molecule has 2 N–H and O–H groups in total. The van der Waals surface area contributed by atoms with Crippen LogP contribution in [0.5, 0.6) is 0 Å². The number of halogens is 1. The van der Waals surface area contributed by atoms with E-state index in [1.54, 1.807) is 27.7 Å². The van der Waals surface area contributed by atoms with Gasteiger partial charge in [0.2, 0.25) is 11.8 Å². The van der Waals surface area contributed by atoms with Gasteiger partial charge in [-0.25, -0.2) is 8.42 Å². The number of rotatable bonds is 7. The number of carbonyl (C=O) groups is 2. The fourth-order valence-electron chi connectivity index (χ4n) is 4.71. The molecule has 8 nitrogen and oxygen atoms in total. The predicted molar refractivity (Wildman–Crippen MR) is 127 cm³/mol. The first-order valence-electron chi connectivity index (χ1n) is 10.9. The van der Waals surface area contributed by atoms with Gasteiger partial charge >= 0.3 is 0 Å². The van der Waals surface area contributed by atoms with Crippen LogP contribution in [0.1, 0.15) is 48.0 Å². The van der Waals surface area contributed by atoms with Crippen LogP contribution in [0.2, 0.25) is 4.34 Å². The van der Waals surface area contributed by atoms with Crippen LogP contribution in [0.4, 0.5) is 0 Å². The van der Waals surface area contributed by atoms with Gasteiger partial charge in [0, 0.05) is 6.54 Å². The Bertz CT molecular complexity index is 1090. The molecule has 0 radical (unpaired) electrons. The molecule has 1 saturated carbocycles. The average molecular weight is 515 g/mol. The number of likely N-dealkylation sites (tertiary alicyclic amines) is 1. The molecule has 2 heterocycles. The predicted octanol–water partition coefficient (Wildman–Crippen LogP) is 3.00. The van der Waals surface area contributed by atoms with Crippen molar-refractivity contribution in [2.45, 2.75) is 70.3 Å². The Morgan fingerprint density at radius 3 is 2.48 bits per heavy atom. The standard InChI is InChI=1S/C22H31ClN4O4S2/c1-7-12(10-24)25-19(28)17-16-13(22(16,5)6)11-27(17)20(29)18(21(2,3)4)26-33(30,31)15-9-8-14(23)32-15/h8-9,12-13,16-18,26H,7,11H2,1-6H3,(H,25,28)/t12-,13-,16-,17-,18+/m0/s1. The minimum absolute atomic E-state index is 0.0223. The second-order valence-electron chi connectivity index (χ2n) is 10.5. The molecule has 2 amide bonds. The lowest BCUT2D eigenvalue weighted by atomic mass is 9.86. The Kier molecular flexibility index (Phi) is 6.95. The van der Waals surface area contributed by atoms with Crippen molar-refractivity contribution in [3.63, 3.8) is 0 Å². The highest BCUT2D eigenvalue weighted by Crippen LogP contribution is 2.65. The summed E-state index contributed by atoms with van der Waals surface area (Å²) < 4.78 is 28.9. The molecule has 11 heteroatoms. The van der Waals surface area contributed by atoms with Gasteiger partial charge in [-0.1, -0.05) is 53.1 Å². The van der Waals surface area contributed by atoms with E-state index in [-0.39, 0.29) is 27.4 Å². The third-order valence-corrected chi connectivity index (χ3v) is 9.99. The number of fused-ring (bicyclic) bond motifs is 1. The molecule has 0 spiro atoms. The Morgan fingerprint density at radius 1 is 1.36 bits per heavy atom. The van der Waals surface area contributed by atoms with Crippen molar-refractivity contribution in [3.05, 3.63) is 16.5 Å². The Labute approximate surface area is 204 Å². The van der Waals surface area contributed by atoms with E-state index < -0.39 is 39.5 Å². The smallest absolute Gasteiger partial charge is 0.250 e. The quantitative estimate of drug-likeness (QED) is 0.579. The summed E-state index contributed by atoms with van der Waals surface area (Å²) in [4.78, 5) is 28.4. The molecule has 33 heavy (non-hydrogen) atoms. The monoisotopic (exact) mass is 514 g/mol. The number of hydrogen-bond acceptors (Lipinski definition) is 6. The van der Waals surface area contributed by atoms with Crippen LogP contribution in [-0.4, -0.2) is 49.8 Å². The third-order valence-electron chi connectivity index (χ3n) is 6.84. The van der Waals surface area contributed by atoms with Gasteiger partial charge in [-0.2, -0.15) is 9.98 Å². The molecule has 2 aliphatic rings. The van der Waals surface area contributed by atoms with Gasteiger partial charge in [0.15, 0.2) is 0 Å². The molecule has 2 fully saturated rings. The van der Waals surface area contributed by atoms with E-state index in [0.717, 1.165) is 11.3 Å². The molecular formula is C22H31ClN4O4S2. The number of nitrogens with one attached hydrogen (secondary N) is 2. The van der Waals surface area contributed by atoms with Crippen LogP contribution in [0.15, 0.2) is 16.3 Å². The fourth-order valence-corrected chi connectivity index (χ4v) is 7.61. The summed E-state index contributed by atoms with van der Waals surface area (Å²) in [6.07, 6.45) is 0.453. The lowest BCUT2D eigenvalue weighted by molar-refractivity contribution is -0.143. The maximum Gasteiger partial charge on any atom is 0.250 e. The average Bonchev–Trinajstić information content (AvgIpc) is 3.12. The molecule has 1 saturated heterocycles. The summed E-state index contributed by atoms with van der Waals surface area (Å²) in [6.45, 7) is 11.6. The second kappa shape index (κ2) is 8.84. The van der Waals surface area contributed by atoms with Gasteiger partial charge < -0.3 is 10.2 Å². The maximum absolute atomic E-state index is 13.8. The van der Waals surface area contributed by atoms with E-state index in [4.69, 9.17) is 11.6 Å². The van der Waals surface area contributed by atoms with Crippen LogP contribution >= 0.6 is 22.9 Å². The molecule has 0 bridgehead atoms. The van der Waals surface area contributed by atoms with Crippen molar-refractivity contribution in [2.24, 2.45) is 22.7 Å². The highest BCUT2D eigenvalue weighted by atomic mass is 35.5. The summed E-state index contributed by atoms with van der Waals surface area (Å²) in [6, 6.07) is 2.48. The van der Waals surface area contributed by atoms with E-state index in [0.29, 0.717) is 17.3 Å². The minimum atomic E-state index is -3.99. The topological polar surface area (TPSA) is 119 Å². The van der Waals surface area contributed by atoms with E-state index in [9.17, 15) is 23.3 Å². The van der Waals surface area contributed by atoms with Gasteiger partial charge in [-0.05, 0) is 41.2 Å². The number of sulfonamides is 1. The van der Waals surface area contributed by atoms with Crippen LogP contribution in [-0.2, 0) is 19.6 Å². The van der Waals surface area contributed by atoms with Crippen LogP contribution in [0.25, 0.3) is 0 Å². The van der Waals surface area contributed by atoms with Crippen LogP contribution in [0, 0.1) is 34.0 Å². The molecular weight excluding hydrogens is 484 g/mol. The maximum atomic E-state index is 13.8. The van der Waals surface area contributed by atoms with E-state index in [2.05, 4.69) is 30.0 Å². The molecule has 1 aliphatic heterocycles. The Balaban J connectivity index is 1.90. The third kappa shape index (κ3) is 4.92. The first-order valence-corrected chi connectivity index (χ1v) is 13.6. The van der Waals surface area contributed by atoms with Crippen molar-refractivity contribution in [3.8, 4) is 6.07 Å². The van der Waals surface area contributed by atoms with E-state index in [1.165, 1.54) is 17.0 Å². The number of hydrogen-bond donors (Lipinski definition) is 2. The molecule has 0 unspecified atom stereocenters. The summed E-state index contributed by atoms with van der Waals surface area (Å²) in [5.74, 6) is -0.698. The first kappa shape index (κ1) is 25.9. The molecule has 3 rings (SSSR count). The number of nitriles is 1. The van der Waals surface area contributed by atoms with Crippen molar-refractivity contribution in [2.75, 3.05) is 6.54 Å². The number of piperidine rings is 1. The summed E-state index contributed by atoms with van der Waals surface area (Å²) >= 11 is 6.82. The normalized spacial score (nSPS) is 25.6. The van der Waals surface area contributed by atoms with Gasteiger partial charge in [-0.3, -0.25) is 9.59 Å². The largest absolute Gasteiger partial charge is 0.339 e. The number of amides is 2. The molecule has 1 aromatic rings. The first-order chi connectivity index (χ1) is 15.1. The van der Waals surface area contributed by atoms with Gasteiger partial charge in [0.25, 0.3) is 10.0 Å². The van der Waals surface area contributed by atoms with Gasteiger partial charge in [-0.15, -0.1) is 11.3 Å². The molecule has 0 aromatic carbocycles. The minimum Gasteiger partial charge on any atom is -0.339 e. The lowest BCUT2D eigenvalue weighted by Gasteiger charge is -2.37. The highest BCUT2D eigenvalue weighted by Gasteiger charge is 2.69. The number of carbonyl (C=O) groups excluding carboxylic acids is 2. The summed E-state index contributed by atoms with van der Waals surface area (Å²) in [5, 5.41) is 12.0. The van der Waals surface area contributed by atoms with Crippen molar-refractivity contribution in [1.29, 1.82) is 5.26 Å². The Hall–Kier alpha value is -1.67. The van der Waals surface area contributed by atoms with Crippen molar-refractivity contribution in [1.82, 2.24) is 14.9 Å². The van der Waals surface area contributed by atoms with E-state index in [1.807, 2.05) is 0 Å². The summed E-state index contributed by atoms with van der Waals surface area (Å²) in [5.41, 5.74) is -0.856. The zero-order valence-electron chi connectivity index (χ0n) is 19.7. The van der Waals surface area contributed by atoms with Crippen molar-refractivity contribution >= 4 is 44.8 Å². The number of thiophene rings is 1. The SMILES string of the molecule is CC[C@@H](C#N)NC(=O)[C@@H]1[C@@H]2[C@H](CN1C(=O)[C@@H](NS(=O)(=O)c1ccc(Cl)s1)C(C)(C)C)C2(C)C. The Morgan fingerprint density at radius 2 is 2.00 bits per heavy atom. The van der Waals surface area contributed by atoms with E-state index >= 15 is 0 Å². The second-order valence-corrected chi connectivity index (χ2v) is 14.1. The van der Waals surface area contributed by atoms with Gasteiger partial charge in [0.1, 0.15) is 22.3 Å². The van der Waals surface area contributed by atoms with Crippen LogP contribution in [0.3, 0.4) is 0 Å². The zero-order valence-corrected chi connectivity index (χ0v) is 22.1. The van der Waals surface area contributed by atoms with Gasteiger partial charge in [0.05, 0.1) is 10.4 Å². The highest BCUT2D eigenvalue weighted by molar-refractivity contribution is 7.91. The fraction of sp³-hybridized carbons (Fsp3) is 0.682. The summed E-state index contributed by atoms with van der Waals surface area (Å²) in [7, 11) is -3.99. The molecule has 1 aliphatic carbocycles. The number of nitrogens with zero attached hydrogens (tertiary/aromatic N) is 2. The van der Waals surface area contributed by atoms with Crippen LogP contribution < -0.4 is 10.0 Å².